The lowest BCUT2D eigenvalue weighted by atomic mass is 10.1. The third-order valence-electron chi connectivity index (χ3n) is 3.77. The molecule has 1 aliphatic rings. The number of nitrogens with one attached hydrogen (secondary N) is 2. The average Bonchev–Trinajstić information content (AvgIpc) is 3.23. The Labute approximate surface area is 130 Å². The number of hydrogen-bond donors (Lipinski definition) is 2. The van der Waals surface area contributed by atoms with E-state index in [4.69, 9.17) is 0 Å². The van der Waals surface area contributed by atoms with Crippen molar-refractivity contribution >= 4 is 23.1 Å². The van der Waals surface area contributed by atoms with E-state index in [1.807, 2.05) is 49.0 Å². The highest BCUT2D eigenvalue weighted by atomic mass is 16.2. The molecule has 1 fully saturated rings. The summed E-state index contributed by atoms with van der Waals surface area (Å²) in [5.41, 5.74) is 3.88. The lowest BCUT2D eigenvalue weighted by Crippen LogP contribution is -2.19. The van der Waals surface area contributed by atoms with Gasteiger partial charge in [-0.05, 0) is 37.5 Å². The maximum atomic E-state index is 12.1. The first-order valence-corrected chi connectivity index (χ1v) is 7.41. The molecular weight excluding hydrogens is 276 g/mol. The number of rotatable bonds is 4. The molecule has 0 unspecified atom stereocenters. The zero-order chi connectivity index (χ0) is 15.7. The van der Waals surface area contributed by atoms with Gasteiger partial charge in [0.1, 0.15) is 0 Å². The van der Waals surface area contributed by atoms with Crippen LogP contribution < -0.4 is 10.6 Å². The predicted molar refractivity (Wildman–Crippen MR) is 89.0 cm³/mol. The molecule has 1 aromatic heterocycles. The van der Waals surface area contributed by atoms with Gasteiger partial charge in [-0.2, -0.15) is 5.10 Å². The molecule has 0 aliphatic heterocycles. The van der Waals surface area contributed by atoms with Gasteiger partial charge in [0.2, 0.25) is 0 Å². The topological polar surface area (TPSA) is 59.0 Å². The molecule has 2 amide bonds. The lowest BCUT2D eigenvalue weighted by molar-refractivity contribution is 0.262. The zero-order valence-corrected chi connectivity index (χ0v) is 12.9. The normalized spacial score (nSPS) is 13.7. The minimum Gasteiger partial charge on any atom is -0.308 e. The van der Waals surface area contributed by atoms with Gasteiger partial charge in [0.25, 0.3) is 0 Å². The van der Waals surface area contributed by atoms with E-state index in [9.17, 15) is 4.79 Å². The fourth-order valence-corrected chi connectivity index (χ4v) is 2.45. The molecule has 5 heteroatoms. The molecule has 0 radical (unpaired) electrons. The van der Waals surface area contributed by atoms with E-state index < -0.39 is 0 Å². The van der Waals surface area contributed by atoms with Crippen molar-refractivity contribution in [1.82, 2.24) is 9.78 Å². The van der Waals surface area contributed by atoms with E-state index in [0.717, 1.165) is 16.8 Å². The summed E-state index contributed by atoms with van der Waals surface area (Å²) in [5, 5.41) is 9.93. The molecule has 1 heterocycles. The van der Waals surface area contributed by atoms with Crippen LogP contribution in [0.15, 0.2) is 36.9 Å². The number of aryl methyl sites for hydroxylation is 1. The number of amides is 2. The first-order chi connectivity index (χ1) is 10.5. The van der Waals surface area contributed by atoms with Gasteiger partial charge in [-0.1, -0.05) is 24.3 Å². The molecule has 1 aromatic carbocycles. The van der Waals surface area contributed by atoms with Crippen LogP contribution in [0.1, 0.15) is 36.9 Å². The molecule has 0 atom stereocenters. The number of carbonyl (C=O) groups is 1. The number of nitrogens with zero attached hydrogens (tertiary/aromatic N) is 2. The highest BCUT2D eigenvalue weighted by Gasteiger charge is 2.27. The van der Waals surface area contributed by atoms with E-state index in [0.29, 0.717) is 11.7 Å². The summed E-state index contributed by atoms with van der Waals surface area (Å²) in [4.78, 5) is 12.1. The van der Waals surface area contributed by atoms with Crippen LogP contribution in [0.5, 0.6) is 0 Å². The largest absolute Gasteiger partial charge is 0.324 e. The molecule has 0 saturated heterocycles. The number of urea groups is 1. The third kappa shape index (κ3) is 3.19. The van der Waals surface area contributed by atoms with E-state index in [1.54, 1.807) is 0 Å². The van der Waals surface area contributed by atoms with Gasteiger partial charge in [-0.3, -0.25) is 10.00 Å². The van der Waals surface area contributed by atoms with Gasteiger partial charge in [0.05, 0.1) is 0 Å². The van der Waals surface area contributed by atoms with Crippen molar-refractivity contribution in [3.63, 3.8) is 0 Å². The molecule has 3 rings (SSSR count). The zero-order valence-electron chi connectivity index (χ0n) is 12.9. The number of anilines is 2. The van der Waals surface area contributed by atoms with Crippen LogP contribution >= 0.6 is 0 Å². The molecule has 1 aliphatic carbocycles. The van der Waals surface area contributed by atoms with Crippen LogP contribution in [0.2, 0.25) is 0 Å². The number of allylic oxidation sites excluding steroid dienone is 1. The summed E-state index contributed by atoms with van der Waals surface area (Å²) >= 11 is 0. The molecule has 2 aromatic rings. The van der Waals surface area contributed by atoms with Gasteiger partial charge < -0.3 is 5.32 Å². The van der Waals surface area contributed by atoms with E-state index in [-0.39, 0.29) is 6.03 Å². The standard InChI is InChI=1S/C17H20N4O/c1-11(2)13-5-4-6-14(9-13)18-17(22)19-16-10-15(12-7-8-12)21(3)20-16/h4-6,9-10,12H,1,7-8H2,2-3H3,(H2,18,19,20,22). The van der Waals surface area contributed by atoms with Crippen LogP contribution in [0.4, 0.5) is 16.3 Å². The fraction of sp³-hybridized carbons (Fsp3) is 0.294. The highest BCUT2D eigenvalue weighted by Crippen LogP contribution is 2.40. The third-order valence-corrected chi connectivity index (χ3v) is 3.77. The average molecular weight is 296 g/mol. The van der Waals surface area contributed by atoms with Gasteiger partial charge in [-0.25, -0.2) is 4.79 Å². The summed E-state index contributed by atoms with van der Waals surface area (Å²) in [5.74, 6) is 1.18. The Bertz CT molecular complexity index is 728. The molecule has 22 heavy (non-hydrogen) atoms. The van der Waals surface area contributed by atoms with Crippen molar-refractivity contribution in [2.24, 2.45) is 7.05 Å². The van der Waals surface area contributed by atoms with Crippen molar-refractivity contribution in [3.05, 3.63) is 48.2 Å². The minimum atomic E-state index is -0.292. The Morgan fingerprint density at radius 1 is 1.32 bits per heavy atom. The Morgan fingerprint density at radius 3 is 2.77 bits per heavy atom. The summed E-state index contributed by atoms with van der Waals surface area (Å²) in [6.45, 7) is 5.84. The van der Waals surface area contributed by atoms with Crippen molar-refractivity contribution in [2.75, 3.05) is 10.6 Å². The maximum absolute atomic E-state index is 12.1. The summed E-state index contributed by atoms with van der Waals surface area (Å²) in [6.07, 6.45) is 2.41. The monoisotopic (exact) mass is 296 g/mol. The van der Waals surface area contributed by atoms with Gasteiger partial charge in [0.15, 0.2) is 5.82 Å². The molecule has 114 valence electrons. The molecule has 2 N–H and O–H groups in total. The fourth-order valence-electron chi connectivity index (χ4n) is 2.45. The van der Waals surface area contributed by atoms with Crippen LogP contribution in [-0.4, -0.2) is 15.8 Å². The second kappa shape index (κ2) is 5.67. The van der Waals surface area contributed by atoms with Crippen LogP contribution in [0.3, 0.4) is 0 Å². The Kier molecular flexibility index (Phi) is 3.71. The predicted octanol–water partition coefficient (Wildman–Crippen LogP) is 3.97. The van der Waals surface area contributed by atoms with Crippen LogP contribution in [0, 0.1) is 0 Å². The molecule has 0 bridgehead atoms. The lowest BCUT2D eigenvalue weighted by Gasteiger charge is -2.07. The molecular formula is C17H20N4O. The minimum absolute atomic E-state index is 0.292. The second-order valence-corrected chi connectivity index (χ2v) is 5.79. The maximum Gasteiger partial charge on any atom is 0.324 e. The van der Waals surface area contributed by atoms with Crippen LogP contribution in [-0.2, 0) is 7.05 Å². The number of aromatic nitrogens is 2. The Hall–Kier alpha value is -2.56. The van der Waals surface area contributed by atoms with E-state index in [1.165, 1.54) is 18.5 Å². The smallest absolute Gasteiger partial charge is 0.308 e. The van der Waals surface area contributed by atoms with Crippen molar-refractivity contribution < 1.29 is 4.79 Å². The summed E-state index contributed by atoms with van der Waals surface area (Å²) < 4.78 is 1.84. The molecule has 5 nitrogen and oxygen atoms in total. The summed E-state index contributed by atoms with van der Waals surface area (Å²) in [6, 6.07) is 9.26. The van der Waals surface area contributed by atoms with Gasteiger partial charge in [0, 0.05) is 30.4 Å². The Balaban J connectivity index is 1.66. The van der Waals surface area contributed by atoms with Crippen LogP contribution in [0.25, 0.3) is 5.57 Å². The first kappa shape index (κ1) is 14.4. The van der Waals surface area contributed by atoms with Crippen molar-refractivity contribution in [3.8, 4) is 0 Å². The number of benzene rings is 1. The van der Waals surface area contributed by atoms with Gasteiger partial charge in [-0.15, -0.1) is 0 Å². The SMILES string of the molecule is C=C(C)c1cccc(NC(=O)Nc2cc(C3CC3)n(C)n2)c1. The second-order valence-electron chi connectivity index (χ2n) is 5.79. The quantitative estimate of drug-likeness (QED) is 0.896. The highest BCUT2D eigenvalue weighted by molar-refractivity contribution is 5.99. The Morgan fingerprint density at radius 2 is 2.09 bits per heavy atom. The number of carbonyl (C=O) groups excluding carboxylic acids is 1. The van der Waals surface area contributed by atoms with E-state index in [2.05, 4.69) is 22.3 Å². The summed E-state index contributed by atoms with van der Waals surface area (Å²) in [7, 11) is 1.91. The molecule has 1 saturated carbocycles. The molecule has 0 spiro atoms. The van der Waals surface area contributed by atoms with E-state index >= 15 is 0 Å². The first-order valence-electron chi connectivity index (χ1n) is 7.41. The van der Waals surface area contributed by atoms with Gasteiger partial charge >= 0.3 is 6.03 Å². The van der Waals surface area contributed by atoms with Crippen molar-refractivity contribution in [2.45, 2.75) is 25.7 Å². The number of hydrogen-bond acceptors (Lipinski definition) is 2. The van der Waals surface area contributed by atoms with Crippen molar-refractivity contribution in [1.29, 1.82) is 0 Å².